The first-order valence-electron chi connectivity index (χ1n) is 5.69. The number of aromatic nitrogens is 2. The number of aromatic amines is 1. The fourth-order valence-electron chi connectivity index (χ4n) is 2.19. The van der Waals surface area contributed by atoms with E-state index in [0.29, 0.717) is 18.5 Å². The summed E-state index contributed by atoms with van der Waals surface area (Å²) in [4.78, 5) is 2.50. The highest BCUT2D eigenvalue weighted by atomic mass is 15.2. The van der Waals surface area contributed by atoms with Crippen molar-refractivity contribution < 1.29 is 0 Å². The van der Waals surface area contributed by atoms with Crippen LogP contribution in [0.5, 0.6) is 0 Å². The van der Waals surface area contributed by atoms with E-state index >= 15 is 0 Å². The Balaban J connectivity index is 2.01. The molecular weight excluding hydrogens is 188 g/mol. The van der Waals surface area contributed by atoms with Gasteiger partial charge in [0.15, 0.2) is 0 Å². The van der Waals surface area contributed by atoms with Crippen LogP contribution < -0.4 is 5.73 Å². The summed E-state index contributed by atoms with van der Waals surface area (Å²) in [5, 5.41) is 7.31. The van der Waals surface area contributed by atoms with Crippen LogP contribution in [0.1, 0.15) is 37.6 Å². The molecule has 0 bridgehead atoms. The summed E-state index contributed by atoms with van der Waals surface area (Å²) >= 11 is 0. The number of hydrogen-bond acceptors (Lipinski definition) is 3. The molecule has 0 aliphatic carbocycles. The first-order chi connectivity index (χ1) is 7.20. The van der Waals surface area contributed by atoms with Gasteiger partial charge >= 0.3 is 0 Å². The number of H-pyrrole nitrogens is 1. The molecule has 1 aliphatic heterocycles. The van der Waals surface area contributed by atoms with Crippen LogP contribution in [0, 0.1) is 0 Å². The maximum atomic E-state index is 5.56. The zero-order chi connectivity index (χ0) is 10.8. The van der Waals surface area contributed by atoms with Gasteiger partial charge in [-0.2, -0.15) is 5.10 Å². The summed E-state index contributed by atoms with van der Waals surface area (Å²) in [5.74, 6) is 0.587. The molecule has 1 aromatic heterocycles. The van der Waals surface area contributed by atoms with Crippen molar-refractivity contribution in [3.63, 3.8) is 0 Å². The Morgan fingerprint density at radius 2 is 2.47 bits per heavy atom. The minimum absolute atomic E-state index is 0.549. The Hall–Kier alpha value is -0.870. The van der Waals surface area contributed by atoms with Crippen molar-refractivity contribution in [2.24, 2.45) is 5.73 Å². The molecule has 4 heteroatoms. The molecule has 15 heavy (non-hydrogen) atoms. The van der Waals surface area contributed by atoms with E-state index in [1.165, 1.54) is 18.7 Å². The molecule has 3 N–H and O–H groups in total. The van der Waals surface area contributed by atoms with Crippen LogP contribution in [0.3, 0.4) is 0 Å². The summed E-state index contributed by atoms with van der Waals surface area (Å²) in [6, 6.07) is 2.75. The number of nitrogens with one attached hydrogen (secondary N) is 1. The quantitative estimate of drug-likeness (QED) is 0.781. The van der Waals surface area contributed by atoms with Crippen molar-refractivity contribution in [1.82, 2.24) is 15.1 Å². The van der Waals surface area contributed by atoms with E-state index in [1.807, 2.05) is 0 Å². The summed E-state index contributed by atoms with van der Waals surface area (Å²) < 4.78 is 0. The molecule has 1 atom stereocenters. The lowest BCUT2D eigenvalue weighted by molar-refractivity contribution is 0.272. The lowest BCUT2D eigenvalue weighted by Crippen LogP contribution is -2.27. The molecule has 84 valence electrons. The van der Waals surface area contributed by atoms with Gasteiger partial charge in [0.05, 0.1) is 5.69 Å². The summed E-state index contributed by atoms with van der Waals surface area (Å²) in [6.07, 6.45) is 1.22. The molecule has 0 spiro atoms. The van der Waals surface area contributed by atoms with Gasteiger partial charge in [-0.05, 0) is 32.9 Å². The average Bonchev–Trinajstić information content (AvgIpc) is 2.86. The predicted molar refractivity (Wildman–Crippen MR) is 60.5 cm³/mol. The Labute approximate surface area is 90.8 Å². The first kappa shape index (κ1) is 10.6. The zero-order valence-electron chi connectivity index (χ0n) is 9.53. The van der Waals surface area contributed by atoms with Gasteiger partial charge < -0.3 is 10.6 Å². The van der Waals surface area contributed by atoms with Gasteiger partial charge in [0, 0.05) is 30.7 Å². The third-order valence-corrected chi connectivity index (χ3v) is 3.24. The van der Waals surface area contributed by atoms with Gasteiger partial charge in [0.2, 0.25) is 0 Å². The second kappa shape index (κ2) is 4.33. The van der Waals surface area contributed by atoms with E-state index in [-0.39, 0.29) is 0 Å². The van der Waals surface area contributed by atoms with Gasteiger partial charge in [-0.25, -0.2) is 0 Å². The van der Waals surface area contributed by atoms with Crippen LogP contribution in [0.25, 0.3) is 0 Å². The predicted octanol–water partition coefficient (Wildman–Crippen LogP) is 1.07. The molecule has 0 aromatic carbocycles. The molecule has 1 unspecified atom stereocenters. The summed E-state index contributed by atoms with van der Waals surface area (Å²) in [5.41, 5.74) is 7.77. The molecule has 1 aliphatic rings. The van der Waals surface area contributed by atoms with Crippen LogP contribution in [0.2, 0.25) is 0 Å². The lowest BCUT2D eigenvalue weighted by atomic mass is 10.1. The van der Waals surface area contributed by atoms with Crippen molar-refractivity contribution in [2.75, 3.05) is 13.1 Å². The van der Waals surface area contributed by atoms with Gasteiger partial charge in [-0.15, -0.1) is 0 Å². The van der Waals surface area contributed by atoms with E-state index in [4.69, 9.17) is 5.73 Å². The molecule has 0 saturated carbocycles. The normalized spacial score (nSPS) is 22.8. The molecule has 1 saturated heterocycles. The number of nitrogens with two attached hydrogens (primary N) is 1. The standard InChI is InChI=1S/C11H20N4/c1-8(2)15-4-3-9(7-15)11-5-10(6-12)13-14-11/h5,8-9H,3-4,6-7,12H2,1-2H3,(H,13,14). The fourth-order valence-corrected chi connectivity index (χ4v) is 2.19. The molecule has 0 amide bonds. The Kier molecular flexibility index (Phi) is 3.07. The highest BCUT2D eigenvalue weighted by molar-refractivity contribution is 5.15. The van der Waals surface area contributed by atoms with Crippen LogP contribution in [0.4, 0.5) is 0 Å². The number of likely N-dealkylation sites (tertiary alicyclic amines) is 1. The van der Waals surface area contributed by atoms with Gasteiger partial charge in [0.1, 0.15) is 0 Å². The molecule has 2 rings (SSSR count). The van der Waals surface area contributed by atoms with Gasteiger partial charge in [-0.3, -0.25) is 5.10 Å². The van der Waals surface area contributed by atoms with Crippen LogP contribution >= 0.6 is 0 Å². The zero-order valence-corrected chi connectivity index (χ0v) is 9.53. The van der Waals surface area contributed by atoms with Crippen molar-refractivity contribution in [3.8, 4) is 0 Å². The summed E-state index contributed by atoms with van der Waals surface area (Å²) in [7, 11) is 0. The SMILES string of the molecule is CC(C)N1CCC(c2cc(CN)[nH]n2)C1. The fraction of sp³-hybridized carbons (Fsp3) is 0.727. The lowest BCUT2D eigenvalue weighted by Gasteiger charge is -2.19. The second-order valence-electron chi connectivity index (χ2n) is 4.60. The molecule has 1 fully saturated rings. The monoisotopic (exact) mass is 208 g/mol. The molecule has 4 nitrogen and oxygen atoms in total. The Morgan fingerprint density at radius 3 is 3.00 bits per heavy atom. The average molecular weight is 208 g/mol. The maximum absolute atomic E-state index is 5.56. The molecule has 2 heterocycles. The highest BCUT2D eigenvalue weighted by Gasteiger charge is 2.26. The van der Waals surface area contributed by atoms with Crippen molar-refractivity contribution in [3.05, 3.63) is 17.5 Å². The van der Waals surface area contributed by atoms with E-state index < -0.39 is 0 Å². The second-order valence-corrected chi connectivity index (χ2v) is 4.60. The molecular formula is C11H20N4. The van der Waals surface area contributed by atoms with Crippen molar-refractivity contribution in [2.45, 2.75) is 38.8 Å². The number of rotatable bonds is 3. The van der Waals surface area contributed by atoms with E-state index in [9.17, 15) is 0 Å². The smallest absolute Gasteiger partial charge is 0.0669 e. The van der Waals surface area contributed by atoms with E-state index in [2.05, 4.69) is 35.0 Å². The minimum atomic E-state index is 0.549. The third kappa shape index (κ3) is 2.21. The maximum Gasteiger partial charge on any atom is 0.0669 e. The van der Waals surface area contributed by atoms with Gasteiger partial charge in [-0.1, -0.05) is 0 Å². The highest BCUT2D eigenvalue weighted by Crippen LogP contribution is 2.27. The first-order valence-corrected chi connectivity index (χ1v) is 5.69. The van der Waals surface area contributed by atoms with Crippen molar-refractivity contribution in [1.29, 1.82) is 0 Å². The number of nitrogens with zero attached hydrogens (tertiary/aromatic N) is 2. The van der Waals surface area contributed by atoms with Crippen LogP contribution in [0.15, 0.2) is 6.07 Å². The van der Waals surface area contributed by atoms with Crippen LogP contribution in [-0.2, 0) is 6.54 Å². The topological polar surface area (TPSA) is 57.9 Å². The molecule has 0 radical (unpaired) electrons. The van der Waals surface area contributed by atoms with Crippen molar-refractivity contribution >= 4 is 0 Å². The van der Waals surface area contributed by atoms with Gasteiger partial charge in [0.25, 0.3) is 0 Å². The number of hydrogen-bond donors (Lipinski definition) is 2. The Bertz CT molecular complexity index is 318. The Morgan fingerprint density at radius 1 is 1.67 bits per heavy atom. The summed E-state index contributed by atoms with van der Waals surface area (Å²) in [6.45, 7) is 7.36. The molecule has 1 aromatic rings. The van der Waals surface area contributed by atoms with E-state index in [0.717, 1.165) is 12.2 Å². The van der Waals surface area contributed by atoms with Crippen LogP contribution in [-0.4, -0.2) is 34.2 Å². The minimum Gasteiger partial charge on any atom is -0.325 e. The van der Waals surface area contributed by atoms with E-state index in [1.54, 1.807) is 0 Å². The largest absolute Gasteiger partial charge is 0.325 e. The third-order valence-electron chi connectivity index (χ3n) is 3.24.